The Bertz CT molecular complexity index is 1020. The summed E-state index contributed by atoms with van der Waals surface area (Å²) in [7, 11) is 0. The summed E-state index contributed by atoms with van der Waals surface area (Å²) in [6, 6.07) is 8.35. The van der Waals surface area contributed by atoms with E-state index in [4.69, 9.17) is 18.9 Å². The molecular formula is C27H40N2O8. The number of nitrogens with zero attached hydrogens (tertiary/aromatic N) is 2. The molecule has 0 aliphatic carbocycles. The molecule has 0 spiro atoms. The molecule has 5 atom stereocenters. The fraction of sp³-hybridized carbons (Fsp3) is 0.630. The van der Waals surface area contributed by atoms with E-state index in [-0.39, 0.29) is 24.4 Å². The van der Waals surface area contributed by atoms with E-state index in [1.54, 1.807) is 0 Å². The van der Waals surface area contributed by atoms with Crippen molar-refractivity contribution in [2.75, 3.05) is 13.2 Å². The third kappa shape index (κ3) is 7.22. The third-order valence-electron chi connectivity index (χ3n) is 6.33. The van der Waals surface area contributed by atoms with E-state index in [9.17, 15) is 20.1 Å². The first-order valence-electron chi connectivity index (χ1n) is 12.8. The molecule has 2 heterocycles. The van der Waals surface area contributed by atoms with Crippen LogP contribution in [-0.2, 0) is 27.1 Å². The zero-order valence-corrected chi connectivity index (χ0v) is 22.5. The zero-order valence-electron chi connectivity index (χ0n) is 22.5. The minimum absolute atomic E-state index is 0.0566. The van der Waals surface area contributed by atoms with Crippen molar-refractivity contribution in [2.24, 2.45) is 5.92 Å². The first-order valence-corrected chi connectivity index (χ1v) is 12.8. The number of hydrogen-bond acceptors (Lipinski definition) is 9. The Balaban J connectivity index is 1.78. The van der Waals surface area contributed by atoms with Crippen LogP contribution in [0.2, 0.25) is 0 Å². The van der Waals surface area contributed by atoms with Crippen LogP contribution in [0, 0.1) is 12.8 Å². The first kappa shape index (κ1) is 28.9. The summed E-state index contributed by atoms with van der Waals surface area (Å²) in [6.07, 6.45) is -6.56. The van der Waals surface area contributed by atoms with Crippen LogP contribution in [0.1, 0.15) is 63.0 Å². The lowest BCUT2D eigenvalue weighted by Crippen LogP contribution is -2.60. The molecule has 10 heteroatoms. The zero-order chi connectivity index (χ0) is 27.3. The standard InChI is InChI=1S/C27H40N2O8/c1-7-18-8-10-19(11-9-18)12-20-17(6)29(16(4)5)28-25(20)37-26-24(32)23(31)22(30)21(36-26)14-35-27(33)34-13-15(2)3/h8-11,15-16,21-24,26,30-32H,7,12-14H2,1-6H3/t21-,22-,23+,24-,26+/m1/s1. The van der Waals surface area contributed by atoms with Gasteiger partial charge in [-0.05, 0) is 44.2 Å². The van der Waals surface area contributed by atoms with Gasteiger partial charge in [-0.3, -0.25) is 4.68 Å². The highest BCUT2D eigenvalue weighted by molar-refractivity contribution is 5.59. The van der Waals surface area contributed by atoms with Crippen LogP contribution >= 0.6 is 0 Å². The van der Waals surface area contributed by atoms with Gasteiger partial charge in [-0.1, -0.05) is 45.0 Å². The molecule has 0 bridgehead atoms. The predicted octanol–water partition coefficient (Wildman–Crippen LogP) is 2.92. The van der Waals surface area contributed by atoms with Crippen molar-refractivity contribution in [1.29, 1.82) is 0 Å². The summed E-state index contributed by atoms with van der Waals surface area (Å²) < 4.78 is 23.6. The van der Waals surface area contributed by atoms with E-state index in [2.05, 4.69) is 36.3 Å². The number of aliphatic hydroxyl groups excluding tert-OH is 3. The van der Waals surface area contributed by atoms with Gasteiger partial charge >= 0.3 is 6.16 Å². The fourth-order valence-corrected chi connectivity index (χ4v) is 4.11. The summed E-state index contributed by atoms with van der Waals surface area (Å²) in [6.45, 7) is 11.6. The molecule has 0 radical (unpaired) electrons. The Morgan fingerprint density at radius 3 is 2.27 bits per heavy atom. The molecule has 10 nitrogen and oxygen atoms in total. The van der Waals surface area contributed by atoms with E-state index in [1.807, 2.05) is 39.3 Å². The Kier molecular flexibility index (Phi) is 9.94. The molecule has 1 saturated heterocycles. The normalized spacial score (nSPS) is 23.9. The van der Waals surface area contributed by atoms with Crippen molar-refractivity contribution in [3.63, 3.8) is 0 Å². The number of aliphatic hydroxyl groups is 3. The number of carbonyl (C=O) groups is 1. The molecule has 1 aromatic carbocycles. The second kappa shape index (κ2) is 12.7. The first-order chi connectivity index (χ1) is 17.5. The maximum absolute atomic E-state index is 11.8. The number of aromatic nitrogens is 2. The van der Waals surface area contributed by atoms with Gasteiger partial charge in [-0.15, -0.1) is 5.10 Å². The van der Waals surface area contributed by atoms with Gasteiger partial charge in [-0.2, -0.15) is 0 Å². The molecule has 1 fully saturated rings. The number of benzene rings is 1. The largest absolute Gasteiger partial charge is 0.508 e. The number of aryl methyl sites for hydroxylation is 1. The van der Waals surface area contributed by atoms with E-state index in [0.717, 1.165) is 23.2 Å². The third-order valence-corrected chi connectivity index (χ3v) is 6.33. The second-order valence-electron chi connectivity index (χ2n) is 10.2. The number of ether oxygens (including phenoxy) is 4. The highest BCUT2D eigenvalue weighted by Crippen LogP contribution is 2.31. The van der Waals surface area contributed by atoms with Crippen LogP contribution in [0.3, 0.4) is 0 Å². The van der Waals surface area contributed by atoms with Gasteiger partial charge in [0.1, 0.15) is 31.0 Å². The summed E-state index contributed by atoms with van der Waals surface area (Å²) in [5, 5.41) is 36.1. The average Bonchev–Trinajstić information content (AvgIpc) is 3.17. The Hall–Kier alpha value is -2.66. The molecular weight excluding hydrogens is 480 g/mol. The van der Waals surface area contributed by atoms with Crippen molar-refractivity contribution in [2.45, 2.75) is 91.1 Å². The molecule has 206 valence electrons. The average molecular weight is 521 g/mol. The lowest BCUT2D eigenvalue weighted by molar-refractivity contribution is -0.278. The molecule has 1 aromatic heterocycles. The molecule has 1 aliphatic rings. The molecule has 1 aliphatic heterocycles. The molecule has 3 rings (SSSR count). The molecule has 37 heavy (non-hydrogen) atoms. The summed E-state index contributed by atoms with van der Waals surface area (Å²) in [4.78, 5) is 11.8. The monoisotopic (exact) mass is 520 g/mol. The second-order valence-corrected chi connectivity index (χ2v) is 10.2. The Morgan fingerprint density at radius 1 is 1.03 bits per heavy atom. The van der Waals surface area contributed by atoms with Crippen LogP contribution in [0.15, 0.2) is 24.3 Å². The molecule has 3 N–H and O–H groups in total. The van der Waals surface area contributed by atoms with Crippen LogP contribution in [0.4, 0.5) is 4.79 Å². The van der Waals surface area contributed by atoms with Crippen molar-refractivity contribution < 1.29 is 39.1 Å². The van der Waals surface area contributed by atoms with Crippen molar-refractivity contribution >= 4 is 6.16 Å². The highest BCUT2D eigenvalue weighted by atomic mass is 16.7. The Labute approximate surface area is 218 Å². The fourth-order valence-electron chi connectivity index (χ4n) is 4.11. The molecule has 0 unspecified atom stereocenters. The lowest BCUT2D eigenvalue weighted by atomic mass is 9.99. The quantitative estimate of drug-likeness (QED) is 0.405. The maximum Gasteiger partial charge on any atom is 0.508 e. The lowest BCUT2D eigenvalue weighted by Gasteiger charge is -2.39. The molecule has 0 amide bonds. The van der Waals surface area contributed by atoms with Gasteiger partial charge < -0.3 is 34.3 Å². The SMILES string of the molecule is CCc1ccc(Cc2c(O[C@@H]3O[C@H](COC(=O)OCC(C)C)[C@@H](O)[C@H](O)[C@H]3O)nn(C(C)C)c2C)cc1. The molecule has 2 aromatic rings. The van der Waals surface area contributed by atoms with Crippen molar-refractivity contribution in [3.8, 4) is 5.88 Å². The number of rotatable bonds is 10. The van der Waals surface area contributed by atoms with Gasteiger partial charge in [0.15, 0.2) is 0 Å². The van der Waals surface area contributed by atoms with Gasteiger partial charge in [0, 0.05) is 23.7 Å². The summed E-state index contributed by atoms with van der Waals surface area (Å²) in [5.41, 5.74) is 4.03. The van der Waals surface area contributed by atoms with Crippen LogP contribution in [0.25, 0.3) is 0 Å². The minimum atomic E-state index is -1.59. The van der Waals surface area contributed by atoms with Crippen LogP contribution in [0.5, 0.6) is 5.88 Å². The van der Waals surface area contributed by atoms with E-state index < -0.39 is 43.5 Å². The minimum Gasteiger partial charge on any atom is -0.443 e. The number of carbonyl (C=O) groups excluding carboxylic acids is 1. The van der Waals surface area contributed by atoms with Crippen molar-refractivity contribution in [3.05, 3.63) is 46.6 Å². The smallest absolute Gasteiger partial charge is 0.443 e. The van der Waals surface area contributed by atoms with Crippen LogP contribution < -0.4 is 4.74 Å². The predicted molar refractivity (Wildman–Crippen MR) is 135 cm³/mol. The van der Waals surface area contributed by atoms with E-state index >= 15 is 0 Å². The van der Waals surface area contributed by atoms with Crippen molar-refractivity contribution in [1.82, 2.24) is 9.78 Å². The summed E-state index contributed by atoms with van der Waals surface area (Å²) >= 11 is 0. The summed E-state index contributed by atoms with van der Waals surface area (Å²) in [5.74, 6) is 0.390. The van der Waals surface area contributed by atoms with Gasteiger partial charge in [0.2, 0.25) is 12.2 Å². The number of hydrogen-bond donors (Lipinski definition) is 3. The van der Waals surface area contributed by atoms with Gasteiger partial charge in [0.05, 0.1) is 6.61 Å². The van der Waals surface area contributed by atoms with Gasteiger partial charge in [0.25, 0.3) is 0 Å². The van der Waals surface area contributed by atoms with E-state index in [1.165, 1.54) is 5.56 Å². The van der Waals surface area contributed by atoms with E-state index in [0.29, 0.717) is 6.42 Å². The van der Waals surface area contributed by atoms with Gasteiger partial charge in [-0.25, -0.2) is 4.79 Å². The Morgan fingerprint density at radius 2 is 1.68 bits per heavy atom. The molecule has 0 saturated carbocycles. The highest BCUT2D eigenvalue weighted by Gasteiger charge is 2.46. The van der Waals surface area contributed by atoms with Crippen LogP contribution in [-0.4, -0.2) is 75.2 Å². The maximum atomic E-state index is 11.8. The topological polar surface area (TPSA) is 133 Å².